The van der Waals surface area contributed by atoms with Crippen molar-refractivity contribution in [3.8, 4) is 10.4 Å². The van der Waals surface area contributed by atoms with Gasteiger partial charge in [0.2, 0.25) is 0 Å². The van der Waals surface area contributed by atoms with Gasteiger partial charge < -0.3 is 14.6 Å². The summed E-state index contributed by atoms with van der Waals surface area (Å²) in [6.45, 7) is 2.60. The van der Waals surface area contributed by atoms with Gasteiger partial charge in [-0.2, -0.15) is 0 Å². The molecule has 30 heavy (non-hydrogen) atoms. The van der Waals surface area contributed by atoms with Crippen molar-refractivity contribution >= 4 is 34.1 Å². The van der Waals surface area contributed by atoms with Gasteiger partial charge in [-0.15, -0.1) is 11.3 Å². The molecule has 0 atom stereocenters. The minimum Gasteiger partial charge on any atom is -0.464 e. The summed E-state index contributed by atoms with van der Waals surface area (Å²) in [6.07, 6.45) is 1.56. The summed E-state index contributed by atoms with van der Waals surface area (Å²) in [5, 5.41) is 4.49. The molecule has 0 radical (unpaired) electrons. The van der Waals surface area contributed by atoms with E-state index in [4.69, 9.17) is 4.42 Å². The van der Waals surface area contributed by atoms with Crippen LogP contribution in [0.1, 0.15) is 25.9 Å². The predicted molar refractivity (Wildman–Crippen MR) is 118 cm³/mol. The topological polar surface area (TPSA) is 75.4 Å². The first-order chi connectivity index (χ1) is 14.5. The smallest absolute Gasteiger partial charge is 0.273 e. The lowest BCUT2D eigenvalue weighted by Crippen LogP contribution is -2.36. The molecule has 2 amide bonds. The number of nitrogens with one attached hydrogen (secondary N) is 1. The lowest BCUT2D eigenvalue weighted by atomic mass is 10.1. The van der Waals surface area contributed by atoms with Gasteiger partial charge >= 0.3 is 0 Å². The summed E-state index contributed by atoms with van der Waals surface area (Å²) < 4.78 is 5.34. The first-order valence-corrected chi connectivity index (χ1v) is 10.4. The molecule has 0 bridgehead atoms. The second kappa shape index (κ2) is 8.51. The maximum atomic E-state index is 13.0. The molecule has 0 spiro atoms. The number of carbonyl (C=O) groups excluding carboxylic acids is 2. The quantitative estimate of drug-likeness (QED) is 0.504. The van der Waals surface area contributed by atoms with E-state index in [1.54, 1.807) is 36.4 Å². The van der Waals surface area contributed by atoms with Gasteiger partial charge in [-0.25, -0.2) is 4.98 Å². The van der Waals surface area contributed by atoms with Crippen LogP contribution in [0.3, 0.4) is 0 Å². The third kappa shape index (κ3) is 3.97. The minimum atomic E-state index is -0.197. The molecule has 0 fully saturated rings. The number of furan rings is 1. The summed E-state index contributed by atoms with van der Waals surface area (Å²) in [5.74, 6) is -0.360. The number of fused-ring (bicyclic) bond motifs is 1. The molecule has 2 heterocycles. The van der Waals surface area contributed by atoms with Gasteiger partial charge in [0.15, 0.2) is 0 Å². The van der Waals surface area contributed by atoms with Crippen LogP contribution in [0.4, 0.5) is 0 Å². The lowest BCUT2D eigenvalue weighted by Gasteiger charge is -2.17. The fourth-order valence-corrected chi connectivity index (χ4v) is 4.18. The average Bonchev–Trinajstić information content (AvgIpc) is 3.40. The van der Waals surface area contributed by atoms with Crippen LogP contribution >= 0.6 is 11.3 Å². The van der Waals surface area contributed by atoms with Crippen molar-refractivity contribution in [2.45, 2.75) is 6.92 Å². The molecule has 0 saturated carbocycles. The number of likely N-dealkylation sites (N-methyl/N-ethyl adjacent to an activating group) is 1. The Balaban J connectivity index is 1.41. The van der Waals surface area contributed by atoms with E-state index in [9.17, 15) is 9.59 Å². The Morgan fingerprint density at radius 2 is 1.90 bits per heavy atom. The summed E-state index contributed by atoms with van der Waals surface area (Å²) in [7, 11) is 1.72. The normalized spacial score (nSPS) is 10.9. The Morgan fingerprint density at radius 3 is 2.70 bits per heavy atom. The van der Waals surface area contributed by atoms with Crippen molar-refractivity contribution in [3.05, 3.63) is 77.1 Å². The van der Waals surface area contributed by atoms with E-state index in [-0.39, 0.29) is 11.8 Å². The van der Waals surface area contributed by atoms with Crippen LogP contribution in [0.25, 0.3) is 21.4 Å². The molecule has 0 unspecified atom stereocenters. The molecule has 4 rings (SSSR count). The predicted octanol–water partition coefficient (Wildman–Crippen LogP) is 4.37. The van der Waals surface area contributed by atoms with Crippen molar-refractivity contribution in [3.63, 3.8) is 0 Å². The van der Waals surface area contributed by atoms with Crippen molar-refractivity contribution in [2.75, 3.05) is 20.1 Å². The van der Waals surface area contributed by atoms with Gasteiger partial charge in [0.25, 0.3) is 11.8 Å². The Bertz CT molecular complexity index is 1200. The van der Waals surface area contributed by atoms with E-state index in [1.807, 2.05) is 43.3 Å². The van der Waals surface area contributed by atoms with Crippen LogP contribution in [-0.2, 0) is 0 Å². The van der Waals surface area contributed by atoms with E-state index in [2.05, 4.69) is 10.3 Å². The van der Waals surface area contributed by atoms with Crippen LogP contribution in [0.2, 0.25) is 0 Å². The van der Waals surface area contributed by atoms with Crippen LogP contribution in [0.5, 0.6) is 0 Å². The fourth-order valence-electron chi connectivity index (χ4n) is 3.26. The molecule has 2 aromatic heterocycles. The first-order valence-electron chi connectivity index (χ1n) is 9.57. The number of benzene rings is 2. The van der Waals surface area contributed by atoms with E-state index in [0.29, 0.717) is 29.9 Å². The number of hydrogen-bond acceptors (Lipinski definition) is 5. The Hall–Kier alpha value is -3.45. The Morgan fingerprint density at radius 1 is 1.10 bits per heavy atom. The van der Waals surface area contributed by atoms with Gasteiger partial charge in [0, 0.05) is 25.5 Å². The first kappa shape index (κ1) is 19.8. The molecular formula is C23H21N3O3S. The van der Waals surface area contributed by atoms with Gasteiger partial charge in [-0.3, -0.25) is 9.59 Å². The summed E-state index contributed by atoms with van der Waals surface area (Å²) in [6, 6.07) is 16.9. The zero-order valence-corrected chi connectivity index (χ0v) is 17.5. The largest absolute Gasteiger partial charge is 0.464 e. The summed E-state index contributed by atoms with van der Waals surface area (Å²) in [4.78, 5) is 32.4. The highest BCUT2D eigenvalue weighted by atomic mass is 32.1. The van der Waals surface area contributed by atoms with Crippen LogP contribution in [0.15, 0.2) is 65.3 Å². The molecule has 4 aromatic rings. The zero-order chi connectivity index (χ0) is 21.1. The Labute approximate surface area is 178 Å². The monoisotopic (exact) mass is 419 g/mol. The number of nitrogens with zero attached hydrogens (tertiary/aromatic N) is 2. The second-order valence-electron chi connectivity index (χ2n) is 6.90. The van der Waals surface area contributed by atoms with Crippen LogP contribution in [0, 0.1) is 6.92 Å². The molecular weight excluding hydrogens is 398 g/mol. The Kier molecular flexibility index (Phi) is 5.63. The number of hydrogen-bond donors (Lipinski definition) is 1. The van der Waals surface area contributed by atoms with E-state index in [1.165, 1.54) is 11.3 Å². The van der Waals surface area contributed by atoms with Crippen molar-refractivity contribution in [1.82, 2.24) is 15.2 Å². The molecule has 0 aliphatic heterocycles. The van der Waals surface area contributed by atoms with Crippen LogP contribution < -0.4 is 5.32 Å². The molecule has 0 aliphatic rings. The van der Waals surface area contributed by atoms with Crippen molar-refractivity contribution < 1.29 is 14.0 Å². The number of amides is 2. The second-order valence-corrected chi connectivity index (χ2v) is 8.10. The van der Waals surface area contributed by atoms with Crippen molar-refractivity contribution in [1.29, 1.82) is 0 Å². The third-order valence-electron chi connectivity index (χ3n) is 4.79. The molecule has 2 aromatic carbocycles. The van der Waals surface area contributed by atoms with Crippen LogP contribution in [-0.4, -0.2) is 41.8 Å². The van der Waals surface area contributed by atoms with Gasteiger partial charge in [-0.1, -0.05) is 36.4 Å². The molecule has 7 heteroatoms. The number of carbonyl (C=O) groups is 2. The number of aromatic nitrogens is 1. The minimum absolute atomic E-state index is 0.163. The molecule has 0 saturated heterocycles. The van der Waals surface area contributed by atoms with Gasteiger partial charge in [0.05, 0.1) is 21.7 Å². The highest BCUT2D eigenvalue weighted by Crippen LogP contribution is 2.30. The number of aryl methyl sites for hydroxylation is 1. The zero-order valence-electron chi connectivity index (χ0n) is 16.7. The maximum Gasteiger partial charge on any atom is 0.273 e. The SMILES string of the molecule is Cc1nc(C(=O)N(C)CCNC(=O)c2cccc3occc23)c(-c2ccccc2)s1. The van der Waals surface area contributed by atoms with Gasteiger partial charge in [0.1, 0.15) is 11.3 Å². The molecule has 6 nitrogen and oxygen atoms in total. The van der Waals surface area contributed by atoms with E-state index in [0.717, 1.165) is 20.8 Å². The summed E-state index contributed by atoms with van der Waals surface area (Å²) in [5.41, 5.74) is 2.64. The fraction of sp³-hybridized carbons (Fsp3) is 0.174. The van der Waals surface area contributed by atoms with E-state index < -0.39 is 0 Å². The lowest BCUT2D eigenvalue weighted by molar-refractivity contribution is 0.0783. The summed E-state index contributed by atoms with van der Waals surface area (Å²) >= 11 is 1.50. The highest BCUT2D eigenvalue weighted by molar-refractivity contribution is 7.15. The van der Waals surface area contributed by atoms with Crippen molar-refractivity contribution in [2.24, 2.45) is 0 Å². The van der Waals surface area contributed by atoms with E-state index >= 15 is 0 Å². The number of thiazole rings is 1. The maximum absolute atomic E-state index is 13.0. The van der Waals surface area contributed by atoms with Gasteiger partial charge in [-0.05, 0) is 30.7 Å². The number of rotatable bonds is 6. The average molecular weight is 420 g/mol. The molecule has 1 N–H and O–H groups in total. The molecule has 0 aliphatic carbocycles. The molecule has 152 valence electrons. The third-order valence-corrected chi connectivity index (χ3v) is 5.81. The standard InChI is InChI=1S/C23H21N3O3S/c1-15-25-20(21(30-15)16-7-4-3-5-8-16)23(28)26(2)13-12-24-22(27)18-9-6-10-19-17(18)11-14-29-19/h3-11,14H,12-13H2,1-2H3,(H,24,27). The highest BCUT2D eigenvalue weighted by Gasteiger charge is 2.21.